The zero-order chi connectivity index (χ0) is 15.1. The van der Waals surface area contributed by atoms with Crippen molar-refractivity contribution in [1.29, 1.82) is 0 Å². The minimum atomic E-state index is 0.564. The van der Waals surface area contributed by atoms with Crippen LogP contribution in [0.3, 0.4) is 0 Å². The number of fused-ring (bicyclic) bond motifs is 3. The fraction of sp³-hybridized carbons (Fsp3) is 0.684. The van der Waals surface area contributed by atoms with Crippen LogP contribution < -0.4 is 5.73 Å². The normalized spacial score (nSPS) is 38.5. The monoisotopic (exact) mass is 299 g/mol. The summed E-state index contributed by atoms with van der Waals surface area (Å²) in [6, 6.07) is 10.1. The minimum Gasteiger partial charge on any atom is -0.330 e. The molecule has 5 rings (SSSR count). The van der Waals surface area contributed by atoms with Crippen LogP contribution in [0.5, 0.6) is 0 Å². The van der Waals surface area contributed by atoms with E-state index in [9.17, 15) is 0 Å². The Balaban J connectivity index is 1.49. The molecule has 4 fully saturated rings. The van der Waals surface area contributed by atoms with Gasteiger partial charge in [-0.1, -0.05) is 24.3 Å². The maximum atomic E-state index is 5.86. The number of nitrogens with two attached hydrogens (primary N) is 1. The van der Waals surface area contributed by atoms with E-state index in [-0.39, 0.29) is 0 Å². The molecule has 2 N–H and O–H groups in total. The maximum Gasteiger partial charge on any atom is 0.0348 e. The van der Waals surface area contributed by atoms with Gasteiger partial charge in [-0.2, -0.15) is 0 Å². The van der Waals surface area contributed by atoms with Crippen LogP contribution in [0.2, 0.25) is 0 Å². The van der Waals surface area contributed by atoms with E-state index in [0.29, 0.717) is 12.0 Å². The lowest BCUT2D eigenvalue weighted by Crippen LogP contribution is -2.46. The van der Waals surface area contributed by atoms with Gasteiger partial charge in [-0.25, -0.2) is 0 Å². The molecule has 120 valence electrons. The molecule has 2 bridgehead atoms. The van der Waals surface area contributed by atoms with Gasteiger partial charge in [0.1, 0.15) is 0 Å². The van der Waals surface area contributed by atoms with Crippen molar-refractivity contribution in [2.45, 2.75) is 31.2 Å². The van der Waals surface area contributed by atoms with Gasteiger partial charge in [-0.05, 0) is 74.8 Å². The molecule has 0 amide bonds. The Bertz CT molecular complexity index is 504. The summed E-state index contributed by atoms with van der Waals surface area (Å²) in [7, 11) is 2.24. The highest BCUT2D eigenvalue weighted by atomic mass is 15.2. The third-order valence-electron chi connectivity index (χ3n) is 6.37. The van der Waals surface area contributed by atoms with Crippen LogP contribution >= 0.6 is 0 Å². The molecular formula is C19H29N3. The molecule has 1 aromatic rings. The average Bonchev–Trinajstić information content (AvgIpc) is 2.97. The summed E-state index contributed by atoms with van der Waals surface area (Å²) in [4.78, 5) is 5.12. The Kier molecular flexibility index (Phi) is 3.97. The van der Waals surface area contributed by atoms with Gasteiger partial charge in [-0.3, -0.25) is 4.90 Å². The van der Waals surface area contributed by atoms with Crippen LogP contribution in [-0.4, -0.2) is 49.6 Å². The molecule has 4 aliphatic heterocycles. The van der Waals surface area contributed by atoms with Crippen molar-refractivity contribution in [3.63, 3.8) is 0 Å². The van der Waals surface area contributed by atoms with Crippen molar-refractivity contribution in [2.24, 2.45) is 17.6 Å². The second kappa shape index (κ2) is 5.95. The van der Waals surface area contributed by atoms with Gasteiger partial charge < -0.3 is 10.6 Å². The van der Waals surface area contributed by atoms with E-state index in [2.05, 4.69) is 41.1 Å². The fourth-order valence-corrected chi connectivity index (χ4v) is 4.97. The second-order valence-corrected chi connectivity index (χ2v) is 7.70. The summed E-state index contributed by atoms with van der Waals surface area (Å²) in [6.07, 6.45) is 4.01. The lowest BCUT2D eigenvalue weighted by atomic mass is 9.75. The summed E-state index contributed by atoms with van der Waals surface area (Å²) < 4.78 is 0. The topological polar surface area (TPSA) is 32.5 Å². The Hall–Kier alpha value is -0.900. The molecule has 0 spiro atoms. The molecule has 0 aromatic heterocycles. The predicted molar refractivity (Wildman–Crippen MR) is 90.9 cm³/mol. The zero-order valence-corrected chi connectivity index (χ0v) is 13.7. The third-order valence-corrected chi connectivity index (χ3v) is 6.37. The van der Waals surface area contributed by atoms with Crippen molar-refractivity contribution in [3.05, 3.63) is 35.4 Å². The largest absolute Gasteiger partial charge is 0.330 e. The van der Waals surface area contributed by atoms with Gasteiger partial charge in [0.05, 0.1) is 0 Å². The second-order valence-electron chi connectivity index (χ2n) is 7.70. The summed E-state index contributed by atoms with van der Waals surface area (Å²) in [5.74, 6) is 2.36. The number of piperidine rings is 3. The molecule has 4 heterocycles. The molecule has 4 aliphatic rings. The molecule has 3 unspecified atom stereocenters. The first-order chi connectivity index (χ1) is 10.7. The summed E-state index contributed by atoms with van der Waals surface area (Å²) in [5, 5.41) is 0. The molecule has 22 heavy (non-hydrogen) atoms. The van der Waals surface area contributed by atoms with E-state index >= 15 is 0 Å². The summed E-state index contributed by atoms with van der Waals surface area (Å²) in [5.41, 5.74) is 8.90. The molecule has 0 radical (unpaired) electrons. The van der Waals surface area contributed by atoms with E-state index in [1.54, 1.807) is 5.56 Å². The molecular weight excluding hydrogens is 270 g/mol. The first-order valence-electron chi connectivity index (χ1n) is 8.97. The molecule has 0 saturated carbocycles. The van der Waals surface area contributed by atoms with Crippen LogP contribution in [0.15, 0.2) is 24.3 Å². The molecule has 3 heteroatoms. The van der Waals surface area contributed by atoms with Crippen LogP contribution in [0.25, 0.3) is 0 Å². The van der Waals surface area contributed by atoms with Gasteiger partial charge in [0, 0.05) is 19.1 Å². The number of benzene rings is 1. The predicted octanol–water partition coefficient (Wildman–Crippen LogP) is 2.45. The lowest BCUT2D eigenvalue weighted by molar-refractivity contribution is 0.0871. The summed E-state index contributed by atoms with van der Waals surface area (Å²) in [6.45, 7) is 5.89. The van der Waals surface area contributed by atoms with Gasteiger partial charge >= 0.3 is 0 Å². The van der Waals surface area contributed by atoms with Crippen LogP contribution in [0, 0.1) is 11.8 Å². The van der Waals surface area contributed by atoms with E-state index < -0.39 is 0 Å². The zero-order valence-electron chi connectivity index (χ0n) is 13.7. The molecule has 4 saturated heterocycles. The van der Waals surface area contributed by atoms with Crippen LogP contribution in [0.4, 0.5) is 0 Å². The Morgan fingerprint density at radius 3 is 2.27 bits per heavy atom. The smallest absolute Gasteiger partial charge is 0.0348 e. The van der Waals surface area contributed by atoms with Gasteiger partial charge in [0.15, 0.2) is 0 Å². The molecule has 3 nitrogen and oxygen atoms in total. The van der Waals surface area contributed by atoms with E-state index in [4.69, 9.17) is 5.73 Å². The maximum absolute atomic E-state index is 5.86. The highest BCUT2D eigenvalue weighted by Gasteiger charge is 2.35. The fourth-order valence-electron chi connectivity index (χ4n) is 4.97. The van der Waals surface area contributed by atoms with Crippen molar-refractivity contribution < 1.29 is 0 Å². The minimum absolute atomic E-state index is 0.564. The number of hydrogen-bond acceptors (Lipinski definition) is 3. The third kappa shape index (κ3) is 2.60. The lowest BCUT2D eigenvalue weighted by Gasteiger charge is -2.45. The average molecular weight is 299 g/mol. The first-order valence-corrected chi connectivity index (χ1v) is 8.97. The van der Waals surface area contributed by atoms with E-state index in [1.165, 1.54) is 44.5 Å². The highest BCUT2D eigenvalue weighted by molar-refractivity contribution is 5.29. The van der Waals surface area contributed by atoms with Crippen LogP contribution in [0.1, 0.15) is 42.3 Å². The quantitative estimate of drug-likeness (QED) is 0.930. The number of rotatable bonds is 3. The van der Waals surface area contributed by atoms with Gasteiger partial charge in [0.2, 0.25) is 0 Å². The van der Waals surface area contributed by atoms with Gasteiger partial charge in [0.25, 0.3) is 0 Å². The van der Waals surface area contributed by atoms with Crippen molar-refractivity contribution >= 4 is 0 Å². The van der Waals surface area contributed by atoms with E-state index in [1.807, 2.05) is 0 Å². The standard InChI is InChI=1S/C19H29N3/c1-21-12-14(11-20)10-19(21)17-4-2-15(3-5-17)18-13-22-8-6-16(18)7-9-22/h2-5,14,16,18-19H,6-13,20H2,1H3. The molecule has 3 atom stereocenters. The van der Waals surface area contributed by atoms with Crippen LogP contribution in [-0.2, 0) is 0 Å². The van der Waals surface area contributed by atoms with Gasteiger partial charge in [-0.15, -0.1) is 0 Å². The molecule has 1 aromatic carbocycles. The van der Waals surface area contributed by atoms with E-state index in [0.717, 1.165) is 24.9 Å². The highest BCUT2D eigenvalue weighted by Crippen LogP contribution is 2.40. The van der Waals surface area contributed by atoms with Crippen molar-refractivity contribution in [3.8, 4) is 0 Å². The first kappa shape index (κ1) is 14.7. The SMILES string of the molecule is CN1CC(CN)CC1c1ccc(C2CN3CCC2CC3)cc1. The van der Waals surface area contributed by atoms with Crippen molar-refractivity contribution in [1.82, 2.24) is 9.80 Å². The Morgan fingerprint density at radius 1 is 1.05 bits per heavy atom. The summed E-state index contributed by atoms with van der Waals surface area (Å²) >= 11 is 0. The number of nitrogens with zero attached hydrogens (tertiary/aromatic N) is 2. The van der Waals surface area contributed by atoms with Crippen molar-refractivity contribution in [2.75, 3.05) is 39.8 Å². The Morgan fingerprint density at radius 2 is 1.73 bits per heavy atom. The number of likely N-dealkylation sites (tertiary alicyclic amines) is 1. The Labute approximate surface area is 134 Å². The molecule has 0 aliphatic carbocycles. The number of hydrogen-bond donors (Lipinski definition) is 1.